The summed E-state index contributed by atoms with van der Waals surface area (Å²) in [6.45, 7) is 8.03. The molecule has 0 aromatic rings. The van der Waals surface area contributed by atoms with Crippen molar-refractivity contribution in [3.05, 3.63) is 0 Å². The molecule has 6 heteroatoms. The molecule has 0 saturated carbocycles. The molecule has 1 atom stereocenters. The Hall–Kier alpha value is -1.30. The van der Waals surface area contributed by atoms with Crippen LogP contribution in [0.1, 0.15) is 27.2 Å². The van der Waals surface area contributed by atoms with Crippen molar-refractivity contribution in [3.63, 3.8) is 0 Å². The van der Waals surface area contributed by atoms with Gasteiger partial charge in [0.15, 0.2) is 0 Å². The highest BCUT2D eigenvalue weighted by Crippen LogP contribution is 2.04. The summed E-state index contributed by atoms with van der Waals surface area (Å²) in [5.74, 6) is -0.776. The highest BCUT2D eigenvalue weighted by Gasteiger charge is 2.20. The first-order valence-electron chi connectivity index (χ1n) is 6.32. The molecule has 0 aromatic carbocycles. The molecule has 106 valence electrons. The summed E-state index contributed by atoms with van der Waals surface area (Å²) in [5.41, 5.74) is 0. The van der Waals surface area contributed by atoms with Gasteiger partial charge in [-0.05, 0) is 25.9 Å². The number of nitrogens with one attached hydrogen (secondary N) is 2. The first kappa shape index (κ1) is 16.7. The largest absolute Gasteiger partial charge is 0.480 e. The first-order valence-corrected chi connectivity index (χ1v) is 6.32. The van der Waals surface area contributed by atoms with E-state index in [2.05, 4.69) is 15.5 Å². The van der Waals surface area contributed by atoms with Crippen LogP contribution in [0.3, 0.4) is 0 Å². The Kier molecular flexibility index (Phi) is 8.11. The van der Waals surface area contributed by atoms with Crippen molar-refractivity contribution in [2.75, 3.05) is 26.7 Å². The van der Waals surface area contributed by atoms with E-state index in [0.29, 0.717) is 13.0 Å². The summed E-state index contributed by atoms with van der Waals surface area (Å²) in [6.07, 6.45) is 0.428. The summed E-state index contributed by atoms with van der Waals surface area (Å²) < 4.78 is 0. The molecule has 0 bridgehead atoms. The minimum atomic E-state index is -0.996. The van der Waals surface area contributed by atoms with Gasteiger partial charge >= 0.3 is 12.0 Å². The molecule has 3 N–H and O–H groups in total. The van der Waals surface area contributed by atoms with Gasteiger partial charge in [-0.15, -0.1) is 0 Å². The maximum absolute atomic E-state index is 11.5. The molecule has 0 aliphatic rings. The number of hydrogen-bond acceptors (Lipinski definition) is 3. The van der Waals surface area contributed by atoms with E-state index in [-0.39, 0.29) is 5.92 Å². The second-order valence-corrected chi connectivity index (χ2v) is 4.82. The van der Waals surface area contributed by atoms with Crippen LogP contribution in [-0.4, -0.2) is 54.7 Å². The Bertz CT molecular complexity index is 269. The van der Waals surface area contributed by atoms with E-state index in [9.17, 15) is 9.59 Å². The van der Waals surface area contributed by atoms with E-state index in [0.717, 1.165) is 13.1 Å². The number of rotatable bonds is 8. The van der Waals surface area contributed by atoms with Crippen molar-refractivity contribution in [1.82, 2.24) is 15.5 Å². The molecule has 0 radical (unpaired) electrons. The number of carbonyl (C=O) groups is 2. The van der Waals surface area contributed by atoms with Crippen LogP contribution in [0.5, 0.6) is 0 Å². The third-order valence-corrected chi connectivity index (χ3v) is 2.63. The Labute approximate surface area is 109 Å². The molecule has 0 unspecified atom stereocenters. The second-order valence-electron chi connectivity index (χ2n) is 4.82. The normalized spacial score (nSPS) is 12.6. The molecule has 0 rings (SSSR count). The number of carbonyl (C=O) groups excluding carboxylic acids is 1. The Morgan fingerprint density at radius 1 is 1.33 bits per heavy atom. The van der Waals surface area contributed by atoms with Crippen LogP contribution in [0, 0.1) is 5.92 Å². The zero-order chi connectivity index (χ0) is 14.1. The van der Waals surface area contributed by atoms with Crippen molar-refractivity contribution in [2.24, 2.45) is 5.92 Å². The number of carboxylic acids is 1. The number of urea groups is 1. The van der Waals surface area contributed by atoms with Crippen LogP contribution < -0.4 is 10.6 Å². The molecule has 0 aromatic heterocycles. The topological polar surface area (TPSA) is 81.7 Å². The van der Waals surface area contributed by atoms with Crippen LogP contribution in [0.4, 0.5) is 4.79 Å². The summed E-state index contributed by atoms with van der Waals surface area (Å²) in [7, 11) is 1.96. The SMILES string of the molecule is CCN(C)CCNC(=O)N[C@H](CC(C)C)C(=O)O. The molecular formula is C12H25N3O3. The van der Waals surface area contributed by atoms with Crippen LogP contribution >= 0.6 is 0 Å². The smallest absolute Gasteiger partial charge is 0.326 e. The minimum absolute atomic E-state index is 0.220. The van der Waals surface area contributed by atoms with Gasteiger partial charge in [0.1, 0.15) is 6.04 Å². The Balaban J connectivity index is 3.99. The fourth-order valence-electron chi connectivity index (χ4n) is 1.42. The molecule has 18 heavy (non-hydrogen) atoms. The molecule has 0 spiro atoms. The van der Waals surface area contributed by atoms with Gasteiger partial charge in [0.25, 0.3) is 0 Å². The van der Waals surface area contributed by atoms with Crippen molar-refractivity contribution < 1.29 is 14.7 Å². The first-order chi connectivity index (χ1) is 8.36. The average molecular weight is 259 g/mol. The third kappa shape index (κ3) is 7.89. The van der Waals surface area contributed by atoms with Gasteiger partial charge < -0.3 is 20.6 Å². The van der Waals surface area contributed by atoms with Gasteiger partial charge in [0, 0.05) is 13.1 Å². The second kappa shape index (κ2) is 8.74. The quantitative estimate of drug-likeness (QED) is 0.600. The number of carboxylic acid groups (broad SMARTS) is 1. The lowest BCUT2D eigenvalue weighted by molar-refractivity contribution is -0.139. The van der Waals surface area contributed by atoms with Gasteiger partial charge in [-0.2, -0.15) is 0 Å². The zero-order valence-electron chi connectivity index (χ0n) is 11.7. The zero-order valence-corrected chi connectivity index (χ0v) is 11.7. The van der Waals surface area contributed by atoms with Gasteiger partial charge in [-0.1, -0.05) is 20.8 Å². The number of aliphatic carboxylic acids is 1. The predicted octanol–water partition coefficient (Wildman–Crippen LogP) is 0.737. The lowest BCUT2D eigenvalue weighted by Gasteiger charge is -2.18. The summed E-state index contributed by atoms with van der Waals surface area (Å²) >= 11 is 0. The van der Waals surface area contributed by atoms with Gasteiger partial charge in [-0.3, -0.25) is 0 Å². The highest BCUT2D eigenvalue weighted by molar-refractivity contribution is 5.82. The van der Waals surface area contributed by atoms with Crippen LogP contribution in [0.15, 0.2) is 0 Å². The van der Waals surface area contributed by atoms with Gasteiger partial charge in [0.2, 0.25) is 0 Å². The van der Waals surface area contributed by atoms with Crippen LogP contribution in [0.25, 0.3) is 0 Å². The van der Waals surface area contributed by atoms with E-state index in [1.165, 1.54) is 0 Å². The van der Waals surface area contributed by atoms with Crippen molar-refractivity contribution in [3.8, 4) is 0 Å². The highest BCUT2D eigenvalue weighted by atomic mass is 16.4. The minimum Gasteiger partial charge on any atom is -0.480 e. The molecule has 0 aliphatic heterocycles. The lowest BCUT2D eigenvalue weighted by atomic mass is 10.0. The monoisotopic (exact) mass is 259 g/mol. The third-order valence-electron chi connectivity index (χ3n) is 2.63. The van der Waals surface area contributed by atoms with E-state index in [1.807, 2.05) is 27.8 Å². The average Bonchev–Trinajstić information content (AvgIpc) is 2.27. The van der Waals surface area contributed by atoms with E-state index < -0.39 is 18.0 Å². The predicted molar refractivity (Wildman–Crippen MR) is 70.6 cm³/mol. The standard InChI is InChI=1S/C12H25N3O3/c1-5-15(4)7-6-13-12(18)14-10(11(16)17)8-9(2)3/h9-10H,5-8H2,1-4H3,(H,16,17)(H2,13,14,18)/t10-/m1/s1. The lowest BCUT2D eigenvalue weighted by Crippen LogP contribution is -2.47. The van der Waals surface area contributed by atoms with E-state index >= 15 is 0 Å². The summed E-state index contributed by atoms with van der Waals surface area (Å²) in [5, 5.41) is 14.1. The maximum atomic E-state index is 11.5. The fourth-order valence-corrected chi connectivity index (χ4v) is 1.42. The molecular weight excluding hydrogens is 234 g/mol. The molecule has 0 saturated heterocycles. The number of hydrogen-bond donors (Lipinski definition) is 3. The van der Waals surface area contributed by atoms with E-state index in [4.69, 9.17) is 5.11 Å². The molecule has 6 nitrogen and oxygen atoms in total. The molecule has 0 heterocycles. The fraction of sp³-hybridized carbons (Fsp3) is 0.833. The Morgan fingerprint density at radius 3 is 2.39 bits per heavy atom. The summed E-state index contributed by atoms with van der Waals surface area (Å²) in [6, 6.07) is -1.25. The number of amides is 2. The molecule has 0 aliphatic carbocycles. The van der Waals surface area contributed by atoms with Crippen molar-refractivity contribution in [1.29, 1.82) is 0 Å². The van der Waals surface area contributed by atoms with Gasteiger partial charge in [0.05, 0.1) is 0 Å². The summed E-state index contributed by atoms with van der Waals surface area (Å²) in [4.78, 5) is 24.5. The Morgan fingerprint density at radius 2 is 1.94 bits per heavy atom. The number of nitrogens with zero attached hydrogens (tertiary/aromatic N) is 1. The molecule has 0 fully saturated rings. The van der Waals surface area contributed by atoms with E-state index in [1.54, 1.807) is 0 Å². The van der Waals surface area contributed by atoms with Crippen molar-refractivity contribution >= 4 is 12.0 Å². The van der Waals surface area contributed by atoms with Crippen LogP contribution in [0.2, 0.25) is 0 Å². The number of likely N-dealkylation sites (N-methyl/N-ethyl adjacent to an activating group) is 1. The van der Waals surface area contributed by atoms with Gasteiger partial charge in [-0.25, -0.2) is 9.59 Å². The van der Waals surface area contributed by atoms with Crippen LogP contribution in [-0.2, 0) is 4.79 Å². The van der Waals surface area contributed by atoms with Crippen molar-refractivity contribution in [2.45, 2.75) is 33.2 Å². The maximum Gasteiger partial charge on any atom is 0.326 e. The molecule has 2 amide bonds.